The second-order valence-corrected chi connectivity index (χ2v) is 33.6. The normalized spacial score (nSPS) is 12.8. The Labute approximate surface area is 702 Å². The van der Waals surface area contributed by atoms with E-state index in [0.717, 1.165) is 48.4 Å². The van der Waals surface area contributed by atoms with E-state index in [1.54, 1.807) is 0 Å². The van der Waals surface area contributed by atoms with Crippen LogP contribution in [0, 0.1) is 13.8 Å². The highest BCUT2D eigenvalue weighted by atomic mass is 15.2. The molecule has 0 radical (unpaired) electrons. The Kier molecular flexibility index (Phi) is 20.7. The fourth-order valence-corrected chi connectivity index (χ4v) is 19.5. The summed E-state index contributed by atoms with van der Waals surface area (Å²) in [5.74, 6) is 0. The summed E-state index contributed by atoms with van der Waals surface area (Å²) in [7, 11) is 0. The molecule has 17 aromatic rings. The molecule has 0 fully saturated rings. The number of para-hydroxylation sites is 3. The monoisotopic (exact) mass is 1540 g/mol. The molecule has 3 aliphatic carbocycles. The van der Waals surface area contributed by atoms with Gasteiger partial charge in [0.05, 0.1) is 11.0 Å². The maximum atomic E-state index is 2.62. The van der Waals surface area contributed by atoms with Crippen molar-refractivity contribution in [3.8, 4) is 61.3 Å². The molecule has 0 saturated carbocycles. The number of aryl methyl sites for hydroxylation is 8. The lowest BCUT2D eigenvalue weighted by atomic mass is 9.70. The summed E-state index contributed by atoms with van der Waals surface area (Å²) < 4.78 is 2.43. The third-order valence-corrected chi connectivity index (χ3v) is 26.1. The summed E-state index contributed by atoms with van der Waals surface area (Å²) in [6.07, 6.45) is 18.7. The molecule has 20 rings (SSSR count). The highest BCUT2D eigenvalue weighted by Crippen LogP contribution is 2.56. The first-order valence-corrected chi connectivity index (χ1v) is 43.5. The molecule has 16 aromatic carbocycles. The van der Waals surface area contributed by atoms with Gasteiger partial charge in [-0.25, -0.2) is 0 Å². The van der Waals surface area contributed by atoms with E-state index in [0.29, 0.717) is 0 Å². The quantitative estimate of drug-likeness (QED) is 0.0454. The first-order valence-electron chi connectivity index (χ1n) is 43.5. The van der Waals surface area contributed by atoms with Crippen LogP contribution in [0.25, 0.3) is 83.1 Å². The number of hydrogen-bond donors (Lipinski definition) is 0. The highest BCUT2D eigenvalue weighted by molar-refractivity contribution is 6.10. The molecule has 4 heteroatoms. The van der Waals surface area contributed by atoms with Gasteiger partial charge >= 0.3 is 0 Å². The van der Waals surface area contributed by atoms with Gasteiger partial charge in [0, 0.05) is 73.1 Å². The molecule has 0 saturated heterocycles. The largest absolute Gasteiger partial charge is 0.311 e. The zero-order chi connectivity index (χ0) is 79.6. The molecule has 0 unspecified atom stereocenters. The third kappa shape index (κ3) is 15.1. The molecule has 119 heavy (non-hydrogen) atoms. The number of hydrogen-bond acceptors (Lipinski definition) is 3. The molecule has 0 N–H and O–H groups in total. The predicted molar refractivity (Wildman–Crippen MR) is 504 cm³/mol. The van der Waals surface area contributed by atoms with Gasteiger partial charge in [0.1, 0.15) is 0 Å². The van der Waals surface area contributed by atoms with E-state index >= 15 is 0 Å². The second-order valence-electron chi connectivity index (χ2n) is 33.6. The van der Waals surface area contributed by atoms with Crippen molar-refractivity contribution in [2.24, 2.45) is 0 Å². The van der Waals surface area contributed by atoms with Crippen LogP contribution in [0.2, 0.25) is 0 Å². The van der Waals surface area contributed by atoms with E-state index in [4.69, 9.17) is 0 Å². The van der Waals surface area contributed by atoms with Crippen LogP contribution in [-0.4, -0.2) is 4.57 Å². The summed E-state index contributed by atoms with van der Waals surface area (Å²) in [6.45, 7) is 4.48. The molecule has 580 valence electrons. The molecule has 4 nitrogen and oxygen atoms in total. The zero-order valence-electron chi connectivity index (χ0n) is 68.4. The van der Waals surface area contributed by atoms with Gasteiger partial charge in [0.25, 0.3) is 0 Å². The number of rotatable bonds is 28. The summed E-state index contributed by atoms with van der Waals surface area (Å²) >= 11 is 0. The van der Waals surface area contributed by atoms with Gasteiger partial charge in [-0.2, -0.15) is 0 Å². The van der Waals surface area contributed by atoms with Gasteiger partial charge in [0.15, 0.2) is 0 Å². The predicted octanol–water partition coefficient (Wildman–Crippen LogP) is 31.3. The summed E-state index contributed by atoms with van der Waals surface area (Å²) in [4.78, 5) is 7.26. The number of aromatic nitrogens is 1. The van der Waals surface area contributed by atoms with E-state index in [2.05, 4.69) is 409 Å². The summed E-state index contributed by atoms with van der Waals surface area (Å²) in [5.41, 5.74) is 41.0. The first kappa shape index (κ1) is 74.5. The smallest absolute Gasteiger partial charge is 0.0541 e. The maximum absolute atomic E-state index is 2.62. The van der Waals surface area contributed by atoms with Crippen LogP contribution in [0.5, 0.6) is 0 Å². The molecule has 1 aromatic heterocycles. The minimum absolute atomic E-state index is 0.101. The number of fused-ring (bicyclic) bond motifs is 8. The Balaban J connectivity index is 0.559. The van der Waals surface area contributed by atoms with Gasteiger partial charge in [-0.05, 0) is 330 Å². The van der Waals surface area contributed by atoms with Crippen LogP contribution < -0.4 is 14.7 Å². The minimum atomic E-state index is -0.101. The fraction of sp³-hybridized carbons (Fsp3) is 0.165. The lowest BCUT2D eigenvalue weighted by Crippen LogP contribution is -2.25. The van der Waals surface area contributed by atoms with Crippen molar-refractivity contribution in [2.45, 2.75) is 122 Å². The lowest BCUT2D eigenvalue weighted by Gasteiger charge is -2.33. The molecule has 3 aliphatic rings. The molecular weight excluding hydrogens is 1440 g/mol. The number of nitrogens with zero attached hydrogens (tertiary/aromatic N) is 4. The van der Waals surface area contributed by atoms with E-state index < -0.39 is 0 Å². The molecule has 1 heterocycles. The summed E-state index contributed by atoms with van der Waals surface area (Å²) in [5, 5.41) is 2.47. The van der Waals surface area contributed by atoms with Crippen LogP contribution >= 0.6 is 0 Å². The molecule has 0 aliphatic heterocycles. The number of unbranched alkanes of at least 4 members (excludes halogenated alkanes) is 6. The molecule has 0 amide bonds. The van der Waals surface area contributed by atoms with Crippen LogP contribution in [0.15, 0.2) is 376 Å². The van der Waals surface area contributed by atoms with Gasteiger partial charge in [0.2, 0.25) is 0 Å². The van der Waals surface area contributed by atoms with Crippen LogP contribution in [-0.2, 0) is 43.9 Å². The van der Waals surface area contributed by atoms with E-state index in [1.807, 2.05) is 0 Å². The molecule has 0 bridgehead atoms. The highest BCUT2D eigenvalue weighted by Gasteiger charge is 2.43. The van der Waals surface area contributed by atoms with E-state index in [1.165, 1.54) is 244 Å². The van der Waals surface area contributed by atoms with E-state index in [-0.39, 0.29) is 5.41 Å². The molecular formula is C115H100N4. The van der Waals surface area contributed by atoms with Gasteiger partial charge in [-0.1, -0.05) is 274 Å². The number of anilines is 9. The Hall–Kier alpha value is -13.3. The van der Waals surface area contributed by atoms with Crippen molar-refractivity contribution in [3.63, 3.8) is 0 Å². The van der Waals surface area contributed by atoms with Crippen LogP contribution in [0.1, 0.15) is 120 Å². The van der Waals surface area contributed by atoms with Gasteiger partial charge in [-0.3, -0.25) is 0 Å². The van der Waals surface area contributed by atoms with Crippen molar-refractivity contribution in [1.82, 2.24) is 4.57 Å². The molecule has 0 spiro atoms. The van der Waals surface area contributed by atoms with E-state index in [9.17, 15) is 0 Å². The third-order valence-electron chi connectivity index (χ3n) is 26.1. The summed E-state index contributed by atoms with van der Waals surface area (Å²) in [6, 6.07) is 142. The lowest BCUT2D eigenvalue weighted by molar-refractivity contribution is 0.399. The van der Waals surface area contributed by atoms with Crippen molar-refractivity contribution in [2.75, 3.05) is 14.7 Å². The Morgan fingerprint density at radius 1 is 0.244 bits per heavy atom. The van der Waals surface area contributed by atoms with Gasteiger partial charge < -0.3 is 19.3 Å². The van der Waals surface area contributed by atoms with Crippen LogP contribution in [0.3, 0.4) is 0 Å². The fourth-order valence-electron chi connectivity index (χ4n) is 19.5. The SMILES string of the molecule is Cc1ccc(N(c2ccc(-c3ccc4c(c3)C(CCCCCCc3ccc(N(c5ccccc5)c5ccc6c(c5)CC6)cc3)(CCCCCCc3ccc(N(c5ccccc5)c5ccc6c(c5)CC6)cc3)c3cc(C)ccc3-4)cc2)c2ccc(-c3ccc4c(c3)c3ccccc3n4-c3cccc(-c4cccc(-c5ccccc5)c4)c3)cc2)cc1. The van der Waals surface area contributed by atoms with Crippen molar-refractivity contribution < 1.29 is 0 Å². The van der Waals surface area contributed by atoms with Crippen molar-refractivity contribution >= 4 is 73.0 Å². The Morgan fingerprint density at radius 2 is 0.622 bits per heavy atom. The standard InChI is InChI=1S/C115H100N4/c1-81-38-57-99(58-39-81)116(102-63-49-88(50-64-102)95-56-71-114-110(79-95)109-36-18-19-37-113(109)119(114)104-35-23-30-92(76-104)91-29-22-28-90(75-91)85-26-12-7-13-27-85)103-65-51-89(52-66-103)96-55-70-108-107-69-40-82(2)74-111(107)115(112(108)80-96,72-20-5-3-10-24-83-41-59-100(60-42-83)117(97-31-14-8-15-32-97)105-67-53-86-45-47-93(86)77-105)73-21-6-4-11-25-84-43-61-101(62-44-84)118(98-33-16-9-17-34-98)106-68-54-87-46-48-94(87)78-106/h7-9,12-19,22-23,26-44,49-71,74-80H,3-6,10-11,20-21,24-25,45-48,72-73H2,1-2H3. The Bertz CT molecular complexity index is 6320. The topological polar surface area (TPSA) is 14.7 Å². The van der Waals surface area contributed by atoms with Crippen molar-refractivity contribution in [3.05, 3.63) is 432 Å². The van der Waals surface area contributed by atoms with Gasteiger partial charge in [-0.15, -0.1) is 0 Å². The average molecular weight is 1540 g/mol. The molecule has 0 atom stereocenters. The van der Waals surface area contributed by atoms with Crippen molar-refractivity contribution in [1.29, 1.82) is 0 Å². The van der Waals surface area contributed by atoms with Crippen LogP contribution in [0.4, 0.5) is 51.2 Å². The maximum Gasteiger partial charge on any atom is 0.0541 e. The zero-order valence-corrected chi connectivity index (χ0v) is 68.4. The Morgan fingerprint density at radius 3 is 1.17 bits per heavy atom. The number of benzene rings is 16. The minimum Gasteiger partial charge on any atom is -0.311 e. The first-order chi connectivity index (χ1) is 58.8. The second kappa shape index (κ2) is 33.0. The average Bonchev–Trinajstić information content (AvgIpc) is 1.56.